The molecular weight excluding hydrogens is 330 g/mol. The zero-order valence-corrected chi connectivity index (χ0v) is 13.1. The number of amides is 1. The van der Waals surface area contributed by atoms with E-state index in [2.05, 4.69) is 9.57 Å². The third-order valence-electron chi connectivity index (χ3n) is 2.95. The maximum absolute atomic E-state index is 12.4. The molecule has 0 bridgehead atoms. The number of carbonyl (C=O) groups excluding carboxylic acids is 1. The van der Waals surface area contributed by atoms with Gasteiger partial charge in [-0.1, -0.05) is 24.3 Å². The van der Waals surface area contributed by atoms with Gasteiger partial charge in [0.05, 0.1) is 11.5 Å². The van der Waals surface area contributed by atoms with Gasteiger partial charge < -0.3 is 0 Å². The van der Waals surface area contributed by atoms with Gasteiger partial charge in [-0.3, -0.25) is 14.7 Å². The summed E-state index contributed by atoms with van der Waals surface area (Å²) in [6.45, 7) is 6.87. The number of nitrogens with one attached hydrogen (secondary N) is 2. The van der Waals surface area contributed by atoms with Crippen molar-refractivity contribution in [3.63, 3.8) is 0 Å². The molecule has 0 aliphatic carbocycles. The van der Waals surface area contributed by atoms with Crippen LogP contribution in [0.3, 0.4) is 0 Å². The summed E-state index contributed by atoms with van der Waals surface area (Å²) in [5.41, 5.74) is 2.67. The van der Waals surface area contributed by atoms with Gasteiger partial charge in [0.2, 0.25) is 0 Å². The van der Waals surface area contributed by atoms with Crippen molar-refractivity contribution < 1.29 is 18.4 Å². The van der Waals surface area contributed by atoms with Crippen molar-refractivity contribution >= 4 is 33.4 Å². The number of hydroxylamine groups is 1. The van der Waals surface area contributed by atoms with E-state index in [9.17, 15) is 13.2 Å². The number of anilines is 1. The topological polar surface area (TPSA) is 99.9 Å². The molecule has 0 saturated heterocycles. The van der Waals surface area contributed by atoms with Crippen molar-refractivity contribution in [1.29, 1.82) is 0 Å². The first-order valence-electron chi connectivity index (χ1n) is 6.67. The highest BCUT2D eigenvalue weighted by Crippen LogP contribution is 2.20. The van der Waals surface area contributed by atoms with E-state index in [0.717, 1.165) is 6.08 Å². The highest BCUT2D eigenvalue weighted by molar-refractivity contribution is 7.92. The molecule has 0 aromatic heterocycles. The van der Waals surface area contributed by atoms with Gasteiger partial charge >= 0.3 is 0 Å². The van der Waals surface area contributed by atoms with Gasteiger partial charge in [0.25, 0.3) is 15.9 Å². The lowest BCUT2D eigenvalue weighted by Gasteiger charge is -2.08. The lowest BCUT2D eigenvalue weighted by atomic mass is 10.2. The maximum atomic E-state index is 12.4. The van der Waals surface area contributed by atoms with Crippen molar-refractivity contribution in [3.8, 4) is 0 Å². The van der Waals surface area contributed by atoms with Crippen molar-refractivity contribution in [2.75, 3.05) is 4.72 Å². The molecule has 0 aliphatic rings. The Hall–Kier alpha value is -3.15. The Balaban J connectivity index is 2.24. The largest absolute Gasteiger partial charge is 0.288 e. The summed E-state index contributed by atoms with van der Waals surface area (Å²) in [6.07, 6.45) is 2.44. The summed E-state index contributed by atoms with van der Waals surface area (Å²) < 4.78 is 27.2. The molecule has 0 atom stereocenters. The standard InChI is InChI=1S/C16H13N3O4S/c1-17-13-6-8-14(9-7-13)19-24(22,23)15-4-2-3-12(11-15)5-10-16(20)18-21/h2-11,19,21H,(H,18,20). The van der Waals surface area contributed by atoms with E-state index >= 15 is 0 Å². The number of sulfonamides is 1. The molecule has 2 aromatic rings. The number of carbonyl (C=O) groups is 1. The SMILES string of the molecule is [C-]#[N+]c1ccc(NS(=O)(=O)c2cccc(C=CC(=O)NO)c2)cc1. The maximum Gasteiger partial charge on any atom is 0.267 e. The Morgan fingerprint density at radius 1 is 1.17 bits per heavy atom. The van der Waals surface area contributed by atoms with Crippen molar-refractivity contribution in [3.05, 3.63) is 71.6 Å². The molecular formula is C16H13N3O4S. The average molecular weight is 343 g/mol. The Bertz CT molecular complexity index is 913. The summed E-state index contributed by atoms with van der Waals surface area (Å²) in [5.74, 6) is -0.721. The van der Waals surface area contributed by atoms with Crippen LogP contribution in [-0.4, -0.2) is 19.5 Å². The fourth-order valence-electron chi connectivity index (χ4n) is 1.81. The van der Waals surface area contributed by atoms with Crippen LogP contribution >= 0.6 is 0 Å². The lowest BCUT2D eigenvalue weighted by molar-refractivity contribution is -0.124. The van der Waals surface area contributed by atoms with E-state index in [1.165, 1.54) is 54.0 Å². The van der Waals surface area contributed by atoms with Crippen LogP contribution in [0.15, 0.2) is 59.5 Å². The molecule has 2 rings (SSSR count). The van der Waals surface area contributed by atoms with Gasteiger partial charge in [-0.15, -0.1) is 0 Å². The predicted molar refractivity (Wildman–Crippen MR) is 88.9 cm³/mol. The van der Waals surface area contributed by atoms with E-state index in [-0.39, 0.29) is 4.90 Å². The summed E-state index contributed by atoms with van der Waals surface area (Å²) in [6, 6.07) is 12.0. The van der Waals surface area contributed by atoms with Gasteiger partial charge in [-0.2, -0.15) is 0 Å². The van der Waals surface area contributed by atoms with E-state index in [1.54, 1.807) is 6.07 Å². The summed E-state index contributed by atoms with van der Waals surface area (Å²) in [4.78, 5) is 14.2. The Labute approximate surface area is 139 Å². The van der Waals surface area contributed by atoms with Gasteiger partial charge in [0.15, 0.2) is 5.69 Å². The molecule has 8 heteroatoms. The van der Waals surface area contributed by atoms with Crippen LogP contribution in [0.25, 0.3) is 10.9 Å². The van der Waals surface area contributed by atoms with Crippen LogP contribution in [0.2, 0.25) is 0 Å². The van der Waals surface area contributed by atoms with Crippen molar-refractivity contribution in [2.24, 2.45) is 0 Å². The fraction of sp³-hybridized carbons (Fsp3) is 0. The molecule has 7 nitrogen and oxygen atoms in total. The van der Waals surface area contributed by atoms with Crippen LogP contribution in [0.4, 0.5) is 11.4 Å². The third-order valence-corrected chi connectivity index (χ3v) is 4.33. The first-order valence-corrected chi connectivity index (χ1v) is 8.15. The molecule has 0 heterocycles. The van der Waals surface area contributed by atoms with E-state index in [4.69, 9.17) is 11.8 Å². The van der Waals surface area contributed by atoms with Crippen LogP contribution < -0.4 is 10.2 Å². The minimum atomic E-state index is -3.81. The number of rotatable bonds is 5. The van der Waals surface area contributed by atoms with E-state index < -0.39 is 15.9 Å². The van der Waals surface area contributed by atoms with Gasteiger partial charge in [0, 0.05) is 11.8 Å². The lowest BCUT2D eigenvalue weighted by Crippen LogP contribution is -2.15. The summed E-state index contributed by atoms with van der Waals surface area (Å²) >= 11 is 0. The Morgan fingerprint density at radius 2 is 1.88 bits per heavy atom. The van der Waals surface area contributed by atoms with Gasteiger partial charge in [-0.25, -0.2) is 18.7 Å². The molecule has 0 unspecified atom stereocenters. The van der Waals surface area contributed by atoms with Gasteiger partial charge in [-0.05, 0) is 35.9 Å². The summed E-state index contributed by atoms with van der Waals surface area (Å²) in [7, 11) is -3.81. The molecule has 24 heavy (non-hydrogen) atoms. The highest BCUT2D eigenvalue weighted by Gasteiger charge is 2.14. The third kappa shape index (κ3) is 4.42. The number of nitrogens with zero attached hydrogens (tertiary/aromatic N) is 1. The van der Waals surface area contributed by atoms with Crippen molar-refractivity contribution in [1.82, 2.24) is 5.48 Å². The first-order chi connectivity index (χ1) is 11.4. The Kier molecular flexibility index (Phi) is 5.31. The van der Waals surface area contributed by atoms with Crippen LogP contribution in [0.1, 0.15) is 5.56 Å². The van der Waals surface area contributed by atoms with E-state index in [0.29, 0.717) is 16.9 Å². The molecule has 0 fully saturated rings. The molecule has 0 spiro atoms. The quantitative estimate of drug-likeness (QED) is 0.336. The fourth-order valence-corrected chi connectivity index (χ4v) is 2.93. The second kappa shape index (κ2) is 7.41. The van der Waals surface area contributed by atoms with Gasteiger partial charge in [0.1, 0.15) is 0 Å². The molecule has 1 amide bonds. The molecule has 122 valence electrons. The monoisotopic (exact) mass is 343 g/mol. The van der Waals surface area contributed by atoms with Crippen LogP contribution in [0.5, 0.6) is 0 Å². The summed E-state index contributed by atoms with van der Waals surface area (Å²) in [5, 5.41) is 8.42. The van der Waals surface area contributed by atoms with Crippen molar-refractivity contribution in [2.45, 2.75) is 4.90 Å². The van der Waals surface area contributed by atoms with Crippen LogP contribution in [-0.2, 0) is 14.8 Å². The molecule has 2 aromatic carbocycles. The minimum Gasteiger partial charge on any atom is -0.288 e. The molecule has 0 saturated carbocycles. The second-order valence-electron chi connectivity index (χ2n) is 4.65. The average Bonchev–Trinajstić information content (AvgIpc) is 2.60. The number of hydrogen-bond acceptors (Lipinski definition) is 4. The molecule has 3 N–H and O–H groups in total. The number of benzene rings is 2. The smallest absolute Gasteiger partial charge is 0.267 e. The zero-order valence-electron chi connectivity index (χ0n) is 12.3. The second-order valence-corrected chi connectivity index (χ2v) is 6.33. The highest BCUT2D eigenvalue weighted by atomic mass is 32.2. The number of hydrogen-bond donors (Lipinski definition) is 3. The zero-order chi connectivity index (χ0) is 17.6. The molecule has 0 aliphatic heterocycles. The van der Waals surface area contributed by atoms with E-state index in [1.807, 2.05) is 0 Å². The van der Waals surface area contributed by atoms with Crippen LogP contribution in [0, 0.1) is 6.57 Å². The first kappa shape index (κ1) is 17.2. The Morgan fingerprint density at radius 3 is 2.50 bits per heavy atom. The normalized spacial score (nSPS) is 11.0. The minimum absolute atomic E-state index is 0.0170. The molecule has 0 radical (unpaired) electrons. The predicted octanol–water partition coefficient (Wildman–Crippen LogP) is 2.56.